The second-order valence-electron chi connectivity index (χ2n) is 10.4. The number of hydrogen-bond acceptors (Lipinski definition) is 5. The monoisotopic (exact) mass is 481 g/mol. The largest absolute Gasteiger partial charge is 0.383 e. The number of methoxy groups -OCH3 is 1. The fourth-order valence-corrected chi connectivity index (χ4v) is 6.27. The minimum atomic E-state index is -1.14. The minimum Gasteiger partial charge on any atom is -0.383 e. The highest BCUT2D eigenvalue weighted by molar-refractivity contribution is 6.02. The minimum absolute atomic E-state index is 0.109. The van der Waals surface area contributed by atoms with Gasteiger partial charge in [0.25, 0.3) is 0 Å². The third-order valence-electron chi connectivity index (χ3n) is 8.19. The highest BCUT2D eigenvalue weighted by Gasteiger charge is 2.72. The molecule has 1 saturated carbocycles. The van der Waals surface area contributed by atoms with Gasteiger partial charge in [-0.05, 0) is 49.9 Å². The van der Waals surface area contributed by atoms with Crippen molar-refractivity contribution in [3.8, 4) is 0 Å². The molecule has 2 saturated heterocycles. The summed E-state index contributed by atoms with van der Waals surface area (Å²) in [6.45, 7) is 4.58. The highest BCUT2D eigenvalue weighted by Crippen LogP contribution is 2.55. The van der Waals surface area contributed by atoms with E-state index in [2.05, 4.69) is 10.6 Å². The maximum absolute atomic E-state index is 13.7. The molecule has 0 radical (unpaired) electrons. The summed E-state index contributed by atoms with van der Waals surface area (Å²) in [5.74, 6) is -2.14. The number of hydrogen-bond donors (Lipinski definition) is 2. The van der Waals surface area contributed by atoms with Crippen LogP contribution in [0.1, 0.15) is 43.2 Å². The lowest BCUT2D eigenvalue weighted by Gasteiger charge is -2.34. The number of ether oxygens (including phenoxy) is 2. The molecule has 1 aliphatic carbocycles. The lowest BCUT2D eigenvalue weighted by molar-refractivity contribution is -0.142. The quantitative estimate of drug-likeness (QED) is 0.584. The number of likely N-dealkylation sites (tertiary alicyclic amines) is 1. The first-order valence-corrected chi connectivity index (χ1v) is 12.7. The highest BCUT2D eigenvalue weighted by atomic mass is 16.5. The van der Waals surface area contributed by atoms with Crippen LogP contribution in [0.5, 0.6) is 0 Å². The number of nitrogens with zero attached hydrogens (tertiary/aromatic N) is 1. The molecule has 188 valence electrons. The molecule has 3 fully saturated rings. The first-order valence-electron chi connectivity index (χ1n) is 12.7. The van der Waals surface area contributed by atoms with Crippen LogP contribution >= 0.6 is 0 Å². The van der Waals surface area contributed by atoms with Gasteiger partial charge in [-0.1, -0.05) is 37.5 Å². The number of aryl methyl sites for hydroxylation is 2. The predicted molar refractivity (Wildman–Crippen MR) is 131 cm³/mol. The van der Waals surface area contributed by atoms with Crippen LogP contribution in [0.3, 0.4) is 0 Å². The Morgan fingerprint density at radius 2 is 1.91 bits per heavy atom. The van der Waals surface area contributed by atoms with Gasteiger partial charge in [0.15, 0.2) is 0 Å². The van der Waals surface area contributed by atoms with Gasteiger partial charge in [0.05, 0.1) is 24.5 Å². The number of nitrogens with one attached hydrogen (secondary N) is 2. The zero-order valence-corrected chi connectivity index (χ0v) is 20.7. The van der Waals surface area contributed by atoms with Gasteiger partial charge in [-0.25, -0.2) is 0 Å². The molecule has 3 aliphatic heterocycles. The number of benzene rings is 1. The smallest absolute Gasteiger partial charge is 0.246 e. The van der Waals surface area contributed by atoms with Gasteiger partial charge in [0.2, 0.25) is 17.7 Å². The van der Waals surface area contributed by atoms with Crippen LogP contribution in [-0.2, 0) is 23.9 Å². The zero-order chi connectivity index (χ0) is 24.7. The predicted octanol–water partition coefficient (Wildman–Crippen LogP) is 2.49. The van der Waals surface area contributed by atoms with E-state index in [1.165, 1.54) is 6.42 Å². The van der Waals surface area contributed by atoms with Gasteiger partial charge in [-0.15, -0.1) is 0 Å². The van der Waals surface area contributed by atoms with E-state index in [4.69, 9.17) is 9.47 Å². The molecule has 2 N–H and O–H groups in total. The summed E-state index contributed by atoms with van der Waals surface area (Å²) in [4.78, 5) is 42.4. The Labute approximate surface area is 206 Å². The van der Waals surface area contributed by atoms with E-state index >= 15 is 0 Å². The Balaban J connectivity index is 1.42. The third-order valence-corrected chi connectivity index (χ3v) is 8.19. The zero-order valence-electron chi connectivity index (χ0n) is 20.7. The summed E-state index contributed by atoms with van der Waals surface area (Å²) in [7, 11) is 1.57. The Morgan fingerprint density at radius 3 is 2.63 bits per heavy atom. The second kappa shape index (κ2) is 9.39. The Hall–Kier alpha value is -2.71. The van der Waals surface area contributed by atoms with Crippen LogP contribution in [0.4, 0.5) is 5.69 Å². The van der Waals surface area contributed by atoms with Crippen LogP contribution in [0, 0.1) is 25.7 Å². The van der Waals surface area contributed by atoms with Gasteiger partial charge < -0.3 is 25.0 Å². The molecular weight excluding hydrogens is 446 g/mol. The SMILES string of the molecule is COCCN1C(=O)[C@H]2[C@@H](C(=O)Nc3ccc(C)c(C)c3)[C@H]3C=C[C@@]2(O3)[C@@H]1C(=O)NC1CCCCC1. The lowest BCUT2D eigenvalue weighted by Crippen LogP contribution is -2.57. The number of fused-ring (bicyclic) bond motifs is 1. The summed E-state index contributed by atoms with van der Waals surface area (Å²) in [6, 6.07) is 5.04. The Bertz CT molecular complexity index is 1050. The fourth-order valence-electron chi connectivity index (χ4n) is 6.27. The first-order chi connectivity index (χ1) is 16.9. The van der Waals surface area contributed by atoms with Crippen LogP contribution in [0.2, 0.25) is 0 Å². The maximum atomic E-state index is 13.7. The molecule has 3 amide bonds. The molecule has 8 heteroatoms. The molecule has 8 nitrogen and oxygen atoms in total. The molecule has 1 aromatic carbocycles. The summed E-state index contributed by atoms with van der Waals surface area (Å²) in [5.41, 5.74) is 1.76. The van der Waals surface area contributed by atoms with Gasteiger partial charge in [-0.2, -0.15) is 0 Å². The summed E-state index contributed by atoms with van der Waals surface area (Å²) < 4.78 is 11.6. The topological polar surface area (TPSA) is 97.0 Å². The molecule has 1 spiro atoms. The van der Waals surface area contributed by atoms with E-state index in [1.807, 2.05) is 44.2 Å². The van der Waals surface area contributed by atoms with E-state index < -0.39 is 29.6 Å². The van der Waals surface area contributed by atoms with Gasteiger partial charge >= 0.3 is 0 Å². The van der Waals surface area contributed by atoms with Crippen molar-refractivity contribution in [1.29, 1.82) is 0 Å². The van der Waals surface area contributed by atoms with Crippen LogP contribution < -0.4 is 10.6 Å². The van der Waals surface area contributed by atoms with Crippen LogP contribution in [0.15, 0.2) is 30.4 Å². The molecule has 0 unspecified atom stereocenters. The standard InChI is InChI=1S/C27H35N3O5/c1-16-9-10-19(15-17(16)2)29-24(31)21-20-11-12-27(35-20)22(21)26(33)30(13-14-34-3)23(27)25(32)28-18-7-5-4-6-8-18/h9-12,15,18,20-23H,4-8,13-14H2,1-3H3,(H,28,32)(H,29,31)/t20-,21+,22-,23+,27+/m1/s1. The number of anilines is 1. The Morgan fingerprint density at radius 1 is 1.14 bits per heavy atom. The number of rotatable bonds is 7. The number of carbonyl (C=O) groups is 3. The van der Waals surface area contributed by atoms with Crippen molar-refractivity contribution >= 4 is 23.4 Å². The second-order valence-corrected chi connectivity index (χ2v) is 10.4. The molecule has 4 aliphatic rings. The molecule has 3 heterocycles. The number of amides is 3. The fraction of sp³-hybridized carbons (Fsp3) is 0.593. The average Bonchev–Trinajstić information content (AvgIpc) is 3.48. The van der Waals surface area contributed by atoms with Crippen molar-refractivity contribution < 1.29 is 23.9 Å². The van der Waals surface area contributed by atoms with Gasteiger partial charge in [-0.3, -0.25) is 14.4 Å². The maximum Gasteiger partial charge on any atom is 0.246 e. The van der Waals surface area contributed by atoms with Crippen molar-refractivity contribution in [3.63, 3.8) is 0 Å². The van der Waals surface area contributed by atoms with Crippen molar-refractivity contribution in [2.45, 2.75) is 69.7 Å². The molecular formula is C27H35N3O5. The van der Waals surface area contributed by atoms with Gasteiger partial charge in [0.1, 0.15) is 11.6 Å². The summed E-state index contributed by atoms with van der Waals surface area (Å²) in [6.07, 6.45) is 8.41. The van der Waals surface area contributed by atoms with E-state index in [0.717, 1.165) is 36.8 Å². The summed E-state index contributed by atoms with van der Waals surface area (Å²) >= 11 is 0. The summed E-state index contributed by atoms with van der Waals surface area (Å²) in [5, 5.41) is 6.17. The van der Waals surface area contributed by atoms with E-state index in [0.29, 0.717) is 12.3 Å². The Kier molecular flexibility index (Phi) is 6.44. The molecule has 5 rings (SSSR count). The van der Waals surface area contributed by atoms with E-state index in [9.17, 15) is 14.4 Å². The average molecular weight is 482 g/mol. The molecule has 1 aromatic rings. The van der Waals surface area contributed by atoms with Crippen molar-refractivity contribution in [2.75, 3.05) is 25.6 Å². The van der Waals surface area contributed by atoms with Crippen molar-refractivity contribution in [1.82, 2.24) is 10.2 Å². The van der Waals surface area contributed by atoms with Crippen molar-refractivity contribution in [2.24, 2.45) is 11.8 Å². The normalized spacial score (nSPS) is 31.6. The molecule has 35 heavy (non-hydrogen) atoms. The van der Waals surface area contributed by atoms with E-state index in [1.54, 1.807) is 12.0 Å². The molecule has 0 aromatic heterocycles. The van der Waals surface area contributed by atoms with Crippen LogP contribution in [-0.4, -0.2) is 66.7 Å². The van der Waals surface area contributed by atoms with Gasteiger partial charge in [0, 0.05) is 25.4 Å². The molecule has 5 atom stereocenters. The number of carbonyl (C=O) groups excluding carboxylic acids is 3. The lowest BCUT2D eigenvalue weighted by atomic mass is 9.74. The van der Waals surface area contributed by atoms with E-state index in [-0.39, 0.29) is 30.3 Å². The van der Waals surface area contributed by atoms with Crippen molar-refractivity contribution in [3.05, 3.63) is 41.5 Å². The third kappa shape index (κ3) is 4.06. The first kappa shape index (κ1) is 24.0. The van der Waals surface area contributed by atoms with Crippen LogP contribution in [0.25, 0.3) is 0 Å². The molecule has 2 bridgehead atoms.